The predicted octanol–water partition coefficient (Wildman–Crippen LogP) is 2.19. The first-order chi connectivity index (χ1) is 10.2. The van der Waals surface area contributed by atoms with Gasteiger partial charge in [0.2, 0.25) is 0 Å². The minimum Gasteiger partial charge on any atom is -0.383 e. The zero-order valence-electron chi connectivity index (χ0n) is 13.6. The highest BCUT2D eigenvalue weighted by atomic mass is 16.5. The topological polar surface area (TPSA) is 64.9 Å². The van der Waals surface area contributed by atoms with Gasteiger partial charge < -0.3 is 10.1 Å². The van der Waals surface area contributed by atoms with Crippen molar-refractivity contribution in [1.29, 1.82) is 0 Å². The monoisotopic (exact) mass is 295 g/mol. The molecule has 0 saturated heterocycles. The van der Waals surface area contributed by atoms with E-state index in [-0.39, 0.29) is 6.04 Å². The Labute approximate surface area is 127 Å². The van der Waals surface area contributed by atoms with Crippen molar-refractivity contribution in [2.75, 3.05) is 20.3 Å². The van der Waals surface area contributed by atoms with Crippen molar-refractivity contribution in [2.24, 2.45) is 11.8 Å². The molecule has 0 aliphatic heterocycles. The van der Waals surface area contributed by atoms with Gasteiger partial charge in [0.15, 0.2) is 5.82 Å². The Bertz CT molecular complexity index is 401. The smallest absolute Gasteiger partial charge is 0.167 e. The SMILES string of the molecule is CCC1CCC(Cn2nnnc2C(C)NCCOC)CC1. The molecule has 21 heavy (non-hydrogen) atoms. The molecule has 1 fully saturated rings. The fourth-order valence-corrected chi connectivity index (χ4v) is 3.19. The highest BCUT2D eigenvalue weighted by molar-refractivity contribution is 4.90. The van der Waals surface area contributed by atoms with E-state index in [1.807, 2.05) is 4.68 Å². The number of ether oxygens (including phenoxy) is 1. The molecule has 1 unspecified atom stereocenters. The van der Waals surface area contributed by atoms with Gasteiger partial charge in [-0.05, 0) is 42.0 Å². The standard InChI is InChI=1S/C15H29N5O/c1-4-13-5-7-14(8-6-13)11-20-15(17-18-19-20)12(2)16-9-10-21-3/h12-14,16H,4-11H2,1-3H3. The molecule has 1 N–H and O–H groups in total. The zero-order valence-corrected chi connectivity index (χ0v) is 13.6. The summed E-state index contributed by atoms with van der Waals surface area (Å²) >= 11 is 0. The van der Waals surface area contributed by atoms with E-state index < -0.39 is 0 Å². The highest BCUT2D eigenvalue weighted by Gasteiger charge is 2.22. The fraction of sp³-hybridized carbons (Fsp3) is 0.933. The maximum Gasteiger partial charge on any atom is 0.167 e. The first-order valence-corrected chi connectivity index (χ1v) is 8.23. The Balaban J connectivity index is 1.85. The number of aromatic nitrogens is 4. The lowest BCUT2D eigenvalue weighted by Crippen LogP contribution is -2.27. The zero-order chi connectivity index (χ0) is 15.1. The van der Waals surface area contributed by atoms with Crippen LogP contribution in [-0.4, -0.2) is 40.5 Å². The Morgan fingerprint density at radius 3 is 2.67 bits per heavy atom. The van der Waals surface area contributed by atoms with Crippen LogP contribution < -0.4 is 5.32 Å². The number of rotatable bonds is 8. The van der Waals surface area contributed by atoms with Gasteiger partial charge in [-0.3, -0.25) is 0 Å². The van der Waals surface area contributed by atoms with Gasteiger partial charge in [-0.2, -0.15) is 0 Å². The van der Waals surface area contributed by atoms with Crippen molar-refractivity contribution in [3.8, 4) is 0 Å². The molecule has 0 spiro atoms. The van der Waals surface area contributed by atoms with Crippen molar-refractivity contribution < 1.29 is 4.74 Å². The summed E-state index contributed by atoms with van der Waals surface area (Å²) in [5.74, 6) is 2.59. The molecular formula is C15H29N5O. The van der Waals surface area contributed by atoms with Crippen molar-refractivity contribution in [1.82, 2.24) is 25.5 Å². The molecule has 0 aromatic carbocycles. The lowest BCUT2D eigenvalue weighted by molar-refractivity contribution is 0.195. The number of nitrogens with one attached hydrogen (secondary N) is 1. The summed E-state index contributed by atoms with van der Waals surface area (Å²) in [6.45, 7) is 6.87. The molecule has 0 bridgehead atoms. The molecular weight excluding hydrogens is 266 g/mol. The molecule has 0 amide bonds. The van der Waals surface area contributed by atoms with E-state index in [0.717, 1.165) is 30.7 Å². The molecule has 2 rings (SSSR count). The first kappa shape index (κ1) is 16.4. The molecule has 1 aromatic rings. The summed E-state index contributed by atoms with van der Waals surface area (Å²) in [7, 11) is 1.71. The average molecular weight is 295 g/mol. The van der Waals surface area contributed by atoms with Crippen LogP contribution in [0.25, 0.3) is 0 Å². The number of methoxy groups -OCH3 is 1. The average Bonchev–Trinajstić information content (AvgIpc) is 2.96. The molecule has 1 aliphatic rings. The van der Waals surface area contributed by atoms with Crippen molar-refractivity contribution >= 4 is 0 Å². The van der Waals surface area contributed by atoms with Gasteiger partial charge in [0, 0.05) is 20.2 Å². The maximum absolute atomic E-state index is 5.06. The fourth-order valence-electron chi connectivity index (χ4n) is 3.19. The van der Waals surface area contributed by atoms with Crippen LogP contribution in [0.1, 0.15) is 57.8 Å². The number of tetrazole rings is 1. The minimum atomic E-state index is 0.155. The third kappa shape index (κ3) is 4.74. The van der Waals surface area contributed by atoms with Gasteiger partial charge in [-0.25, -0.2) is 4.68 Å². The van der Waals surface area contributed by atoms with E-state index in [9.17, 15) is 0 Å². The Morgan fingerprint density at radius 2 is 2.00 bits per heavy atom. The van der Waals surface area contributed by atoms with Gasteiger partial charge in [0.1, 0.15) is 0 Å². The predicted molar refractivity (Wildman–Crippen MR) is 81.8 cm³/mol. The molecule has 1 aliphatic carbocycles. The Hall–Kier alpha value is -1.01. The summed E-state index contributed by atoms with van der Waals surface area (Å²) in [5.41, 5.74) is 0. The summed E-state index contributed by atoms with van der Waals surface area (Å²) in [5, 5.41) is 15.6. The molecule has 1 atom stereocenters. The summed E-state index contributed by atoms with van der Waals surface area (Å²) in [6.07, 6.45) is 6.66. The quantitative estimate of drug-likeness (QED) is 0.745. The van der Waals surface area contributed by atoms with Crippen LogP contribution in [0.3, 0.4) is 0 Å². The summed E-state index contributed by atoms with van der Waals surface area (Å²) in [4.78, 5) is 0. The number of hydrogen-bond donors (Lipinski definition) is 1. The van der Waals surface area contributed by atoms with Crippen molar-refractivity contribution in [3.05, 3.63) is 5.82 Å². The van der Waals surface area contributed by atoms with Crippen LogP contribution >= 0.6 is 0 Å². The van der Waals surface area contributed by atoms with Crippen molar-refractivity contribution in [2.45, 2.75) is 58.5 Å². The largest absolute Gasteiger partial charge is 0.383 e. The van der Waals surface area contributed by atoms with E-state index in [0.29, 0.717) is 6.61 Å². The maximum atomic E-state index is 5.06. The molecule has 1 saturated carbocycles. The van der Waals surface area contributed by atoms with Gasteiger partial charge in [-0.15, -0.1) is 5.10 Å². The third-order valence-electron chi connectivity index (χ3n) is 4.68. The van der Waals surface area contributed by atoms with Crippen LogP contribution in [0.15, 0.2) is 0 Å². The molecule has 0 radical (unpaired) electrons. The van der Waals surface area contributed by atoms with E-state index in [1.54, 1.807) is 7.11 Å². The van der Waals surface area contributed by atoms with E-state index in [1.165, 1.54) is 32.1 Å². The molecule has 6 nitrogen and oxygen atoms in total. The second kappa shape index (κ2) is 8.44. The second-order valence-electron chi connectivity index (χ2n) is 6.18. The van der Waals surface area contributed by atoms with E-state index in [4.69, 9.17) is 4.74 Å². The van der Waals surface area contributed by atoms with E-state index in [2.05, 4.69) is 34.7 Å². The van der Waals surface area contributed by atoms with Crippen LogP contribution in [0.4, 0.5) is 0 Å². The van der Waals surface area contributed by atoms with Gasteiger partial charge in [0.25, 0.3) is 0 Å². The van der Waals surface area contributed by atoms with Crippen LogP contribution in [0.2, 0.25) is 0 Å². The summed E-state index contributed by atoms with van der Waals surface area (Å²) in [6, 6.07) is 0.155. The Morgan fingerprint density at radius 1 is 1.29 bits per heavy atom. The lowest BCUT2D eigenvalue weighted by atomic mass is 9.81. The highest BCUT2D eigenvalue weighted by Crippen LogP contribution is 2.31. The normalized spacial score (nSPS) is 24.1. The Kier molecular flexibility index (Phi) is 6.57. The number of hydrogen-bond acceptors (Lipinski definition) is 5. The van der Waals surface area contributed by atoms with Gasteiger partial charge in [0.05, 0.1) is 12.6 Å². The van der Waals surface area contributed by atoms with Gasteiger partial charge in [-0.1, -0.05) is 26.2 Å². The van der Waals surface area contributed by atoms with Gasteiger partial charge >= 0.3 is 0 Å². The molecule has 1 aromatic heterocycles. The van der Waals surface area contributed by atoms with Crippen molar-refractivity contribution in [3.63, 3.8) is 0 Å². The number of nitrogens with zero attached hydrogens (tertiary/aromatic N) is 4. The van der Waals surface area contributed by atoms with Crippen LogP contribution in [-0.2, 0) is 11.3 Å². The first-order valence-electron chi connectivity index (χ1n) is 8.23. The van der Waals surface area contributed by atoms with E-state index >= 15 is 0 Å². The second-order valence-corrected chi connectivity index (χ2v) is 6.18. The minimum absolute atomic E-state index is 0.155. The van der Waals surface area contributed by atoms with Crippen LogP contribution in [0.5, 0.6) is 0 Å². The van der Waals surface area contributed by atoms with Crippen LogP contribution in [0, 0.1) is 11.8 Å². The summed E-state index contributed by atoms with van der Waals surface area (Å²) < 4.78 is 7.05. The molecule has 1 heterocycles. The third-order valence-corrected chi connectivity index (χ3v) is 4.68. The molecule has 6 heteroatoms. The molecule has 120 valence electrons. The lowest BCUT2D eigenvalue weighted by Gasteiger charge is -2.28.